The van der Waals surface area contributed by atoms with Gasteiger partial charge >= 0.3 is 0 Å². The highest BCUT2D eigenvalue weighted by atomic mass is 35.5. The van der Waals surface area contributed by atoms with Crippen molar-refractivity contribution in [1.29, 1.82) is 0 Å². The Labute approximate surface area is 193 Å². The Hall–Kier alpha value is -2.94. The highest BCUT2D eigenvalue weighted by Crippen LogP contribution is 2.26. The maximum absolute atomic E-state index is 12.9. The average molecular weight is 460 g/mol. The van der Waals surface area contributed by atoms with Crippen molar-refractivity contribution < 1.29 is 9.59 Å². The van der Waals surface area contributed by atoms with Gasteiger partial charge in [0.05, 0.1) is 17.4 Å². The van der Waals surface area contributed by atoms with Crippen LogP contribution >= 0.6 is 11.6 Å². The highest BCUT2D eigenvalue weighted by molar-refractivity contribution is 6.32. The summed E-state index contributed by atoms with van der Waals surface area (Å²) < 4.78 is 0. The molecule has 172 valence electrons. The normalized spacial score (nSPS) is 18.2. The van der Waals surface area contributed by atoms with Crippen LogP contribution < -0.4 is 21.3 Å². The molecular weight excluding hydrogens is 430 g/mol. The molecule has 0 radical (unpaired) electrons. The maximum atomic E-state index is 12.9. The van der Waals surface area contributed by atoms with Gasteiger partial charge < -0.3 is 21.3 Å². The van der Waals surface area contributed by atoms with Gasteiger partial charge in [-0.05, 0) is 45.4 Å². The SMILES string of the molecule is CC(=O)NC1CCC(CNC(=O)c2cnc(Nc3ncncc3Cl)cc2NC(C)C)CC1. The number of aromatic nitrogens is 3. The van der Waals surface area contributed by atoms with E-state index in [2.05, 4.69) is 36.2 Å². The summed E-state index contributed by atoms with van der Waals surface area (Å²) in [5, 5.41) is 12.8. The van der Waals surface area contributed by atoms with E-state index in [0.29, 0.717) is 40.4 Å². The van der Waals surface area contributed by atoms with Crippen molar-refractivity contribution in [3.8, 4) is 0 Å². The molecule has 9 nitrogen and oxygen atoms in total. The van der Waals surface area contributed by atoms with Gasteiger partial charge in [0.25, 0.3) is 5.91 Å². The molecule has 0 unspecified atom stereocenters. The molecule has 32 heavy (non-hydrogen) atoms. The van der Waals surface area contributed by atoms with E-state index < -0.39 is 0 Å². The van der Waals surface area contributed by atoms with Crippen molar-refractivity contribution in [2.75, 3.05) is 17.2 Å². The Morgan fingerprint density at radius 1 is 1.16 bits per heavy atom. The van der Waals surface area contributed by atoms with Crippen molar-refractivity contribution in [2.24, 2.45) is 5.92 Å². The van der Waals surface area contributed by atoms with E-state index in [-0.39, 0.29) is 23.9 Å². The number of nitrogens with zero attached hydrogens (tertiary/aromatic N) is 3. The molecule has 0 spiro atoms. The van der Waals surface area contributed by atoms with Crippen LogP contribution in [0.15, 0.2) is 24.8 Å². The Kier molecular flexibility index (Phi) is 8.21. The zero-order valence-corrected chi connectivity index (χ0v) is 19.4. The van der Waals surface area contributed by atoms with Crippen LogP contribution in [0.4, 0.5) is 17.3 Å². The molecule has 3 rings (SSSR count). The Morgan fingerprint density at radius 3 is 2.56 bits per heavy atom. The molecule has 0 aliphatic heterocycles. The van der Waals surface area contributed by atoms with Crippen molar-refractivity contribution in [1.82, 2.24) is 25.6 Å². The number of hydrogen-bond acceptors (Lipinski definition) is 7. The van der Waals surface area contributed by atoms with Gasteiger partial charge in [0.1, 0.15) is 17.2 Å². The summed E-state index contributed by atoms with van der Waals surface area (Å²) in [6.45, 7) is 6.16. The van der Waals surface area contributed by atoms with E-state index in [0.717, 1.165) is 25.7 Å². The van der Waals surface area contributed by atoms with Crippen LogP contribution in [0.5, 0.6) is 0 Å². The minimum absolute atomic E-state index is 0.0133. The fourth-order valence-corrected chi connectivity index (χ4v) is 3.94. The summed E-state index contributed by atoms with van der Waals surface area (Å²) in [4.78, 5) is 36.5. The summed E-state index contributed by atoms with van der Waals surface area (Å²) in [7, 11) is 0. The number of hydrogen-bond donors (Lipinski definition) is 4. The number of carbonyl (C=O) groups excluding carboxylic acids is 2. The van der Waals surface area contributed by atoms with E-state index in [1.807, 2.05) is 13.8 Å². The van der Waals surface area contributed by atoms with Gasteiger partial charge in [0.15, 0.2) is 5.82 Å². The summed E-state index contributed by atoms with van der Waals surface area (Å²) in [5.74, 6) is 1.20. The van der Waals surface area contributed by atoms with Crippen LogP contribution in [0.1, 0.15) is 56.8 Å². The Balaban J connectivity index is 1.63. The second-order valence-electron chi connectivity index (χ2n) is 8.39. The third kappa shape index (κ3) is 6.78. The molecule has 2 heterocycles. The standard InChI is InChI=1S/C22H30ClN7O2/c1-13(2)28-19-8-20(30-21-18(23)11-24-12-27-21)25-10-17(19)22(32)26-9-15-4-6-16(7-5-15)29-14(3)31/h8,10-13,15-16H,4-7,9H2,1-3H3,(H,26,32)(H,29,31)(H2,24,25,27,28,30). The van der Waals surface area contributed by atoms with E-state index in [1.54, 1.807) is 19.2 Å². The summed E-state index contributed by atoms with van der Waals surface area (Å²) in [5.41, 5.74) is 1.15. The first-order valence-corrected chi connectivity index (χ1v) is 11.2. The molecule has 1 aliphatic rings. The van der Waals surface area contributed by atoms with Gasteiger partial charge in [-0.1, -0.05) is 11.6 Å². The minimum Gasteiger partial charge on any atom is -0.382 e. The predicted molar refractivity (Wildman–Crippen MR) is 125 cm³/mol. The van der Waals surface area contributed by atoms with Crippen LogP contribution in [-0.4, -0.2) is 45.4 Å². The first kappa shape index (κ1) is 23.7. The summed E-state index contributed by atoms with van der Waals surface area (Å²) in [6, 6.07) is 2.14. The van der Waals surface area contributed by atoms with Gasteiger partial charge in [-0.25, -0.2) is 15.0 Å². The molecule has 10 heteroatoms. The lowest BCUT2D eigenvalue weighted by atomic mass is 9.86. The number of amides is 2. The van der Waals surface area contributed by atoms with E-state index in [4.69, 9.17) is 11.6 Å². The Bertz CT molecular complexity index is 946. The van der Waals surface area contributed by atoms with Gasteiger partial charge in [-0.2, -0.15) is 0 Å². The van der Waals surface area contributed by atoms with E-state index >= 15 is 0 Å². The van der Waals surface area contributed by atoms with Crippen LogP contribution in [0.2, 0.25) is 5.02 Å². The quantitative estimate of drug-likeness (QED) is 0.476. The van der Waals surface area contributed by atoms with Gasteiger partial charge in [-0.3, -0.25) is 9.59 Å². The molecule has 1 fully saturated rings. The first-order chi connectivity index (χ1) is 15.3. The van der Waals surface area contributed by atoms with Crippen molar-refractivity contribution in [3.63, 3.8) is 0 Å². The third-order valence-corrected chi connectivity index (χ3v) is 5.59. The zero-order valence-electron chi connectivity index (χ0n) is 18.6. The van der Waals surface area contributed by atoms with Gasteiger partial charge in [0, 0.05) is 37.8 Å². The predicted octanol–water partition coefficient (Wildman–Crippen LogP) is 3.51. The molecule has 1 saturated carbocycles. The molecule has 2 amide bonds. The molecule has 0 saturated heterocycles. The highest BCUT2D eigenvalue weighted by Gasteiger charge is 2.23. The van der Waals surface area contributed by atoms with Gasteiger partial charge in [0.2, 0.25) is 5.91 Å². The zero-order chi connectivity index (χ0) is 23.1. The number of anilines is 3. The van der Waals surface area contributed by atoms with E-state index in [9.17, 15) is 9.59 Å². The molecule has 0 atom stereocenters. The monoisotopic (exact) mass is 459 g/mol. The maximum Gasteiger partial charge on any atom is 0.254 e. The second-order valence-corrected chi connectivity index (χ2v) is 8.79. The summed E-state index contributed by atoms with van der Waals surface area (Å²) >= 11 is 6.11. The lowest BCUT2D eigenvalue weighted by Crippen LogP contribution is -2.38. The van der Waals surface area contributed by atoms with Crippen LogP contribution in [0.3, 0.4) is 0 Å². The first-order valence-electron chi connectivity index (χ1n) is 10.9. The number of nitrogens with one attached hydrogen (secondary N) is 4. The fraction of sp³-hybridized carbons (Fsp3) is 0.500. The van der Waals surface area contributed by atoms with E-state index in [1.165, 1.54) is 12.5 Å². The van der Waals surface area contributed by atoms with Gasteiger partial charge in [-0.15, -0.1) is 0 Å². The number of rotatable bonds is 8. The second kappa shape index (κ2) is 11.1. The molecule has 2 aromatic rings. The van der Waals surface area contributed by atoms with Crippen LogP contribution in [0.25, 0.3) is 0 Å². The average Bonchev–Trinajstić information content (AvgIpc) is 2.74. The van der Waals surface area contributed by atoms with Crippen molar-refractivity contribution in [2.45, 2.75) is 58.5 Å². The van der Waals surface area contributed by atoms with Crippen LogP contribution in [0, 0.1) is 5.92 Å². The molecule has 1 aliphatic carbocycles. The number of pyridine rings is 1. The summed E-state index contributed by atoms with van der Waals surface area (Å²) in [6.07, 6.45) is 8.27. The fourth-order valence-electron chi connectivity index (χ4n) is 3.79. The number of carbonyl (C=O) groups is 2. The molecule has 0 bridgehead atoms. The smallest absolute Gasteiger partial charge is 0.254 e. The lowest BCUT2D eigenvalue weighted by Gasteiger charge is -2.29. The Morgan fingerprint density at radius 2 is 1.91 bits per heavy atom. The molecular formula is C22H30ClN7O2. The molecule has 4 N–H and O–H groups in total. The third-order valence-electron chi connectivity index (χ3n) is 5.31. The minimum atomic E-state index is -0.170. The van der Waals surface area contributed by atoms with Crippen LogP contribution in [-0.2, 0) is 4.79 Å². The topological polar surface area (TPSA) is 121 Å². The number of halogens is 1. The molecule has 0 aromatic carbocycles. The van der Waals surface area contributed by atoms with Crippen molar-refractivity contribution in [3.05, 3.63) is 35.4 Å². The van der Waals surface area contributed by atoms with Crippen molar-refractivity contribution >= 4 is 40.7 Å². The lowest BCUT2D eigenvalue weighted by molar-refractivity contribution is -0.119. The largest absolute Gasteiger partial charge is 0.382 e. The molecule has 2 aromatic heterocycles.